The van der Waals surface area contributed by atoms with Gasteiger partial charge >= 0.3 is 5.97 Å². The van der Waals surface area contributed by atoms with Crippen molar-refractivity contribution in [2.45, 2.75) is 25.7 Å². The number of amides is 1. The van der Waals surface area contributed by atoms with Gasteiger partial charge in [-0.25, -0.2) is 9.78 Å². The Balaban J connectivity index is 1.58. The lowest BCUT2D eigenvalue weighted by atomic mass is 9.89. The highest BCUT2D eigenvalue weighted by Gasteiger charge is 2.28. The van der Waals surface area contributed by atoms with Gasteiger partial charge in [-0.15, -0.1) is 10.2 Å². The average Bonchev–Trinajstić information content (AvgIpc) is 3.10. The van der Waals surface area contributed by atoms with Gasteiger partial charge in [0, 0.05) is 30.9 Å². The van der Waals surface area contributed by atoms with Crippen molar-refractivity contribution in [1.29, 1.82) is 0 Å². The van der Waals surface area contributed by atoms with Crippen LogP contribution in [0.5, 0.6) is 0 Å². The Hall–Kier alpha value is -3.29. The first-order chi connectivity index (χ1) is 13.0. The Morgan fingerprint density at radius 3 is 2.89 bits per heavy atom. The Morgan fingerprint density at radius 1 is 1.22 bits per heavy atom. The zero-order chi connectivity index (χ0) is 19.0. The second-order valence-electron chi connectivity index (χ2n) is 6.78. The number of carbonyl (C=O) groups is 2. The fraction of sp³-hybridized carbons (Fsp3) is 0.316. The molecule has 1 aromatic carbocycles. The number of carbonyl (C=O) groups excluding carboxylic acids is 1. The maximum absolute atomic E-state index is 13.0. The number of hydrogen-bond acceptors (Lipinski definition) is 5. The topological polar surface area (TPSA) is 101 Å². The number of nitrogens with zero attached hydrogens (tertiary/aromatic N) is 5. The normalized spacial score (nSPS) is 17.2. The van der Waals surface area contributed by atoms with Crippen LogP contribution in [0, 0.1) is 6.92 Å². The van der Waals surface area contributed by atoms with Gasteiger partial charge in [0.1, 0.15) is 0 Å². The molecule has 8 heteroatoms. The molecule has 0 unspecified atom stereocenters. The van der Waals surface area contributed by atoms with Crippen LogP contribution in [0.4, 0.5) is 0 Å². The van der Waals surface area contributed by atoms with Gasteiger partial charge in [0.05, 0.1) is 5.56 Å². The lowest BCUT2D eigenvalue weighted by molar-refractivity contribution is 0.0682. The van der Waals surface area contributed by atoms with Gasteiger partial charge in [-0.1, -0.05) is 12.1 Å². The predicted molar refractivity (Wildman–Crippen MR) is 96.8 cm³/mol. The molecule has 27 heavy (non-hydrogen) atoms. The summed E-state index contributed by atoms with van der Waals surface area (Å²) in [5.74, 6) is -0.384. The van der Waals surface area contributed by atoms with Gasteiger partial charge in [-0.2, -0.15) is 0 Å². The molecule has 1 amide bonds. The first kappa shape index (κ1) is 17.1. The molecule has 138 valence electrons. The highest BCUT2D eigenvalue weighted by Crippen LogP contribution is 2.28. The number of fused-ring (bicyclic) bond motifs is 1. The summed E-state index contributed by atoms with van der Waals surface area (Å²) in [6, 6.07) is 8.75. The quantitative estimate of drug-likeness (QED) is 0.763. The van der Waals surface area contributed by atoms with Crippen LogP contribution in [-0.4, -0.2) is 54.6 Å². The van der Waals surface area contributed by atoms with Gasteiger partial charge in [0.15, 0.2) is 0 Å². The lowest BCUT2D eigenvalue weighted by Crippen LogP contribution is -2.40. The summed E-state index contributed by atoms with van der Waals surface area (Å²) in [7, 11) is 0. The van der Waals surface area contributed by atoms with Gasteiger partial charge < -0.3 is 10.0 Å². The summed E-state index contributed by atoms with van der Waals surface area (Å²) in [6.45, 7) is 3.02. The number of aryl methyl sites for hydroxylation is 1. The SMILES string of the molecule is Cc1ccn2c(C(=O)N3CCC[C@H](c4cccc(C(=O)O)c4)C3)nnc2n1. The van der Waals surface area contributed by atoms with Crippen molar-refractivity contribution in [2.75, 3.05) is 13.1 Å². The van der Waals surface area contributed by atoms with Crippen molar-refractivity contribution in [3.8, 4) is 0 Å². The molecule has 2 aromatic heterocycles. The van der Waals surface area contributed by atoms with Crippen LogP contribution in [0.15, 0.2) is 36.5 Å². The molecule has 3 heterocycles. The Kier molecular flexibility index (Phi) is 4.31. The molecule has 8 nitrogen and oxygen atoms in total. The molecule has 1 atom stereocenters. The maximum atomic E-state index is 13.0. The van der Waals surface area contributed by atoms with Crippen molar-refractivity contribution >= 4 is 17.7 Å². The van der Waals surface area contributed by atoms with E-state index in [4.69, 9.17) is 0 Å². The van der Waals surface area contributed by atoms with E-state index in [1.807, 2.05) is 19.1 Å². The third kappa shape index (κ3) is 3.25. The number of aromatic carboxylic acids is 1. The van der Waals surface area contributed by atoms with E-state index in [9.17, 15) is 14.7 Å². The average molecular weight is 365 g/mol. The molecule has 0 aliphatic carbocycles. The summed E-state index contributed by atoms with van der Waals surface area (Å²) in [5.41, 5.74) is 2.02. The summed E-state index contributed by atoms with van der Waals surface area (Å²) < 4.78 is 1.60. The molecule has 0 bridgehead atoms. The van der Waals surface area contributed by atoms with E-state index < -0.39 is 5.97 Å². The monoisotopic (exact) mass is 365 g/mol. The minimum absolute atomic E-state index is 0.0987. The van der Waals surface area contributed by atoms with Crippen LogP contribution in [0.1, 0.15) is 51.0 Å². The molecular weight excluding hydrogens is 346 g/mol. The minimum Gasteiger partial charge on any atom is -0.478 e. The Morgan fingerprint density at radius 2 is 2.07 bits per heavy atom. The molecule has 4 rings (SSSR count). The molecule has 1 fully saturated rings. The highest BCUT2D eigenvalue weighted by atomic mass is 16.4. The van der Waals surface area contributed by atoms with Crippen LogP contribution < -0.4 is 0 Å². The van der Waals surface area contributed by atoms with Gasteiger partial charge in [0.2, 0.25) is 5.82 Å². The number of rotatable bonds is 3. The van der Waals surface area contributed by atoms with E-state index in [1.165, 1.54) is 0 Å². The van der Waals surface area contributed by atoms with Crippen molar-refractivity contribution in [3.05, 3.63) is 59.2 Å². The van der Waals surface area contributed by atoms with Crippen molar-refractivity contribution < 1.29 is 14.7 Å². The summed E-state index contributed by atoms with van der Waals surface area (Å²) in [6.07, 6.45) is 3.51. The number of carboxylic acids is 1. The molecular formula is C19H19N5O3. The van der Waals surface area contributed by atoms with E-state index in [-0.39, 0.29) is 23.2 Å². The van der Waals surface area contributed by atoms with Crippen LogP contribution in [0.3, 0.4) is 0 Å². The molecule has 0 radical (unpaired) electrons. The van der Waals surface area contributed by atoms with Gasteiger partial charge in [0.25, 0.3) is 11.7 Å². The highest BCUT2D eigenvalue weighted by molar-refractivity contribution is 5.91. The van der Waals surface area contributed by atoms with Crippen LogP contribution >= 0.6 is 0 Å². The fourth-order valence-electron chi connectivity index (χ4n) is 3.52. The van der Waals surface area contributed by atoms with Crippen molar-refractivity contribution in [3.63, 3.8) is 0 Å². The third-order valence-electron chi connectivity index (χ3n) is 4.92. The number of benzene rings is 1. The first-order valence-corrected chi connectivity index (χ1v) is 8.84. The largest absolute Gasteiger partial charge is 0.478 e. The smallest absolute Gasteiger partial charge is 0.335 e. The van der Waals surface area contributed by atoms with E-state index in [1.54, 1.807) is 33.7 Å². The Bertz CT molecular complexity index is 1030. The van der Waals surface area contributed by atoms with Crippen molar-refractivity contribution in [2.24, 2.45) is 0 Å². The zero-order valence-corrected chi connectivity index (χ0v) is 14.9. The molecule has 0 spiro atoms. The van der Waals surface area contributed by atoms with Crippen molar-refractivity contribution in [1.82, 2.24) is 24.5 Å². The number of hydrogen-bond donors (Lipinski definition) is 1. The van der Waals surface area contributed by atoms with Gasteiger partial charge in [-0.3, -0.25) is 9.20 Å². The molecule has 3 aromatic rings. The number of piperidine rings is 1. The van der Waals surface area contributed by atoms with E-state index >= 15 is 0 Å². The first-order valence-electron chi connectivity index (χ1n) is 8.84. The second kappa shape index (κ2) is 6.79. The van der Waals surface area contributed by atoms with Crippen LogP contribution in [-0.2, 0) is 0 Å². The molecule has 0 saturated carbocycles. The molecule has 1 N–H and O–H groups in total. The third-order valence-corrected chi connectivity index (χ3v) is 4.92. The van der Waals surface area contributed by atoms with Crippen LogP contribution in [0.25, 0.3) is 5.78 Å². The standard InChI is InChI=1S/C19H19N5O3/c1-12-7-9-24-16(21-22-19(24)20-12)17(25)23-8-3-6-15(11-23)13-4-2-5-14(10-13)18(26)27/h2,4-5,7,9-10,15H,3,6,8,11H2,1H3,(H,26,27)/t15-/m0/s1. The Labute approximate surface area is 155 Å². The summed E-state index contributed by atoms with van der Waals surface area (Å²) >= 11 is 0. The van der Waals surface area contributed by atoms with E-state index in [2.05, 4.69) is 15.2 Å². The summed E-state index contributed by atoms with van der Waals surface area (Å²) in [4.78, 5) is 30.3. The lowest BCUT2D eigenvalue weighted by Gasteiger charge is -2.32. The number of carboxylic acid groups (broad SMARTS) is 1. The van der Waals surface area contributed by atoms with E-state index in [0.717, 1.165) is 24.1 Å². The second-order valence-corrected chi connectivity index (χ2v) is 6.78. The zero-order valence-electron chi connectivity index (χ0n) is 14.9. The molecule has 1 aliphatic heterocycles. The van der Waals surface area contributed by atoms with E-state index in [0.29, 0.717) is 18.9 Å². The summed E-state index contributed by atoms with van der Waals surface area (Å²) in [5, 5.41) is 17.2. The fourth-order valence-corrected chi connectivity index (χ4v) is 3.52. The van der Waals surface area contributed by atoms with Gasteiger partial charge in [-0.05, 0) is 43.5 Å². The predicted octanol–water partition coefficient (Wildman–Crippen LogP) is 2.15. The maximum Gasteiger partial charge on any atom is 0.335 e. The minimum atomic E-state index is -0.946. The molecule has 1 saturated heterocycles. The number of likely N-dealkylation sites (tertiary alicyclic amines) is 1. The molecule has 1 aliphatic rings. The van der Waals surface area contributed by atoms with Crippen LogP contribution in [0.2, 0.25) is 0 Å². The number of aromatic nitrogens is 4.